The maximum absolute atomic E-state index is 12.0. The fourth-order valence-corrected chi connectivity index (χ4v) is 2.28. The number of hydrogen-bond acceptors (Lipinski definition) is 3. The van der Waals surface area contributed by atoms with Gasteiger partial charge in [0.2, 0.25) is 0 Å². The van der Waals surface area contributed by atoms with Gasteiger partial charge in [0.1, 0.15) is 5.75 Å². The van der Waals surface area contributed by atoms with Crippen LogP contribution in [0.2, 0.25) is 0 Å². The van der Waals surface area contributed by atoms with Crippen molar-refractivity contribution in [3.05, 3.63) is 56.2 Å². The van der Waals surface area contributed by atoms with Crippen molar-refractivity contribution in [3.63, 3.8) is 0 Å². The number of aromatic nitrogens is 2. The highest BCUT2D eigenvalue weighted by Crippen LogP contribution is 2.21. The molecule has 1 aromatic carbocycles. The second kappa shape index (κ2) is 6.52. The van der Waals surface area contributed by atoms with Gasteiger partial charge in [-0.15, -0.1) is 0 Å². The molecule has 0 saturated heterocycles. The third kappa shape index (κ3) is 3.36. The number of ether oxygens (including phenoxy) is 1. The molecule has 106 valence electrons. The van der Waals surface area contributed by atoms with Crippen LogP contribution in [-0.4, -0.2) is 16.6 Å². The van der Waals surface area contributed by atoms with Gasteiger partial charge in [0, 0.05) is 17.7 Å². The van der Waals surface area contributed by atoms with Gasteiger partial charge in [-0.3, -0.25) is 9.78 Å². The van der Waals surface area contributed by atoms with Gasteiger partial charge < -0.3 is 9.72 Å². The summed E-state index contributed by atoms with van der Waals surface area (Å²) in [4.78, 5) is 17.6. The molecule has 0 atom stereocenters. The number of H-pyrrole nitrogens is 2. The first kappa shape index (κ1) is 14.5. The van der Waals surface area contributed by atoms with E-state index in [0.717, 1.165) is 23.4 Å². The highest BCUT2D eigenvalue weighted by Gasteiger charge is 2.09. The molecule has 0 saturated carbocycles. The lowest BCUT2D eigenvalue weighted by atomic mass is 10.0. The van der Waals surface area contributed by atoms with Gasteiger partial charge in [-0.25, -0.2) is 0 Å². The third-order valence-electron chi connectivity index (χ3n) is 3.06. The fraction of sp³-hybridized carbons (Fsp3) is 0.333. The minimum atomic E-state index is -0.142. The van der Waals surface area contributed by atoms with E-state index in [9.17, 15) is 4.79 Å². The van der Waals surface area contributed by atoms with Gasteiger partial charge >= 0.3 is 0 Å². The summed E-state index contributed by atoms with van der Waals surface area (Å²) in [5, 5.41) is 0. The van der Waals surface area contributed by atoms with Gasteiger partial charge in [-0.05, 0) is 37.2 Å². The smallest absolute Gasteiger partial charge is 0.255 e. The van der Waals surface area contributed by atoms with Crippen LogP contribution < -0.4 is 10.3 Å². The summed E-state index contributed by atoms with van der Waals surface area (Å²) in [6.07, 6.45) is 1.47. The Morgan fingerprint density at radius 3 is 2.70 bits per heavy atom. The van der Waals surface area contributed by atoms with Crippen LogP contribution in [-0.2, 0) is 6.42 Å². The highest BCUT2D eigenvalue weighted by atomic mass is 32.1. The lowest BCUT2D eigenvalue weighted by Crippen LogP contribution is -2.17. The van der Waals surface area contributed by atoms with E-state index in [1.54, 1.807) is 0 Å². The summed E-state index contributed by atoms with van der Waals surface area (Å²) < 4.78 is 6.07. The van der Waals surface area contributed by atoms with E-state index < -0.39 is 0 Å². The number of rotatable bonds is 5. The average molecular weight is 290 g/mol. The zero-order valence-electron chi connectivity index (χ0n) is 11.7. The minimum absolute atomic E-state index is 0.142. The van der Waals surface area contributed by atoms with Crippen molar-refractivity contribution in [3.8, 4) is 5.75 Å². The Labute approximate surface area is 122 Å². The molecule has 0 amide bonds. The minimum Gasteiger partial charge on any atom is -0.493 e. The molecule has 0 radical (unpaired) electrons. The Hall–Kier alpha value is -1.88. The molecule has 1 heterocycles. The van der Waals surface area contributed by atoms with E-state index in [0.29, 0.717) is 23.4 Å². The van der Waals surface area contributed by atoms with Gasteiger partial charge in [0.25, 0.3) is 5.56 Å². The van der Waals surface area contributed by atoms with Crippen molar-refractivity contribution in [2.75, 3.05) is 6.61 Å². The molecular formula is C15H18N2O2S. The predicted molar refractivity (Wildman–Crippen MR) is 82.0 cm³/mol. The Morgan fingerprint density at radius 2 is 2.00 bits per heavy atom. The van der Waals surface area contributed by atoms with Crippen LogP contribution in [0.5, 0.6) is 5.75 Å². The molecule has 0 aliphatic rings. The molecule has 2 N–H and O–H groups in total. The lowest BCUT2D eigenvalue weighted by molar-refractivity contribution is 0.314. The van der Waals surface area contributed by atoms with Crippen molar-refractivity contribution in [2.45, 2.75) is 26.7 Å². The topological polar surface area (TPSA) is 57.9 Å². The Kier molecular flexibility index (Phi) is 4.74. The van der Waals surface area contributed by atoms with Gasteiger partial charge in [0.15, 0.2) is 4.77 Å². The first-order valence-electron chi connectivity index (χ1n) is 6.64. The van der Waals surface area contributed by atoms with Crippen LogP contribution in [0.3, 0.4) is 0 Å². The normalized spacial score (nSPS) is 10.5. The van der Waals surface area contributed by atoms with E-state index in [2.05, 4.69) is 16.9 Å². The molecular weight excluding hydrogens is 272 g/mol. The molecule has 0 spiro atoms. The summed E-state index contributed by atoms with van der Waals surface area (Å²) in [5.74, 6) is 0.829. The Morgan fingerprint density at radius 1 is 1.25 bits per heavy atom. The quantitative estimate of drug-likeness (QED) is 0.832. The number of para-hydroxylation sites is 1. The predicted octanol–water partition coefficient (Wildman–Crippen LogP) is 3.12. The zero-order valence-corrected chi connectivity index (χ0v) is 12.5. The number of aromatic amines is 2. The fourth-order valence-electron chi connectivity index (χ4n) is 2.03. The molecule has 0 aliphatic carbocycles. The van der Waals surface area contributed by atoms with E-state index in [1.165, 1.54) is 0 Å². The van der Waals surface area contributed by atoms with Crippen molar-refractivity contribution in [1.82, 2.24) is 9.97 Å². The molecule has 20 heavy (non-hydrogen) atoms. The second-order valence-corrected chi connectivity index (χ2v) is 5.05. The van der Waals surface area contributed by atoms with Crippen LogP contribution in [0.15, 0.2) is 29.1 Å². The van der Waals surface area contributed by atoms with Crippen LogP contribution in [0, 0.1) is 11.7 Å². The summed E-state index contributed by atoms with van der Waals surface area (Å²) >= 11 is 4.96. The van der Waals surface area contributed by atoms with E-state index in [1.807, 2.05) is 31.2 Å². The van der Waals surface area contributed by atoms with Crippen molar-refractivity contribution < 1.29 is 4.74 Å². The number of aryl methyl sites for hydroxylation is 1. The molecule has 0 fully saturated rings. The van der Waals surface area contributed by atoms with Crippen molar-refractivity contribution in [1.29, 1.82) is 0 Å². The first-order chi connectivity index (χ1) is 9.61. The Balaban J connectivity index is 2.35. The maximum atomic E-state index is 12.0. The molecule has 4 nitrogen and oxygen atoms in total. The standard InChI is InChI=1S/C15H18N2O2S/c1-3-8-19-13-7-5-4-6-11(13)9-12-10(2)16-15(20)17-14(12)18/h4-7H,3,8-9H2,1-2H3,(H2,16,17,18,20). The molecule has 2 aromatic rings. The van der Waals surface area contributed by atoms with Crippen LogP contribution in [0.4, 0.5) is 0 Å². The third-order valence-corrected chi connectivity index (χ3v) is 3.26. The molecule has 0 aliphatic heterocycles. The van der Waals surface area contributed by atoms with E-state index in [-0.39, 0.29) is 5.56 Å². The largest absolute Gasteiger partial charge is 0.493 e. The summed E-state index contributed by atoms with van der Waals surface area (Å²) in [7, 11) is 0. The van der Waals surface area contributed by atoms with Crippen LogP contribution in [0.1, 0.15) is 30.2 Å². The molecule has 2 rings (SSSR count). The lowest BCUT2D eigenvalue weighted by Gasteiger charge is -2.11. The summed E-state index contributed by atoms with van der Waals surface area (Å²) in [6.45, 7) is 4.59. The van der Waals surface area contributed by atoms with Crippen molar-refractivity contribution in [2.24, 2.45) is 0 Å². The SMILES string of the molecule is CCCOc1ccccc1Cc1c(C)[nH]c(=S)[nH]c1=O. The number of nitrogens with one attached hydrogen (secondary N) is 2. The average Bonchev–Trinajstić information content (AvgIpc) is 2.41. The van der Waals surface area contributed by atoms with E-state index in [4.69, 9.17) is 17.0 Å². The first-order valence-corrected chi connectivity index (χ1v) is 7.05. The maximum Gasteiger partial charge on any atom is 0.255 e. The van der Waals surface area contributed by atoms with E-state index >= 15 is 0 Å². The monoisotopic (exact) mass is 290 g/mol. The number of benzene rings is 1. The Bertz CT molecular complexity index is 704. The zero-order chi connectivity index (χ0) is 14.5. The van der Waals surface area contributed by atoms with Gasteiger partial charge in [0.05, 0.1) is 6.61 Å². The second-order valence-electron chi connectivity index (χ2n) is 4.64. The van der Waals surface area contributed by atoms with Gasteiger partial charge in [-0.2, -0.15) is 0 Å². The molecule has 1 aromatic heterocycles. The molecule has 5 heteroatoms. The summed E-state index contributed by atoms with van der Waals surface area (Å²) in [5.41, 5.74) is 2.34. The summed E-state index contributed by atoms with van der Waals surface area (Å²) in [6, 6.07) is 7.79. The van der Waals surface area contributed by atoms with Crippen molar-refractivity contribution >= 4 is 12.2 Å². The van der Waals surface area contributed by atoms with Gasteiger partial charge in [-0.1, -0.05) is 25.1 Å². The van der Waals surface area contributed by atoms with Crippen LogP contribution >= 0.6 is 12.2 Å². The molecule has 0 bridgehead atoms. The number of hydrogen-bond donors (Lipinski definition) is 2. The highest BCUT2D eigenvalue weighted by molar-refractivity contribution is 7.71. The molecule has 0 unspecified atom stereocenters. The van der Waals surface area contributed by atoms with Crippen LogP contribution in [0.25, 0.3) is 0 Å².